The normalized spacial score (nSPS) is 9.71. The zero-order valence-corrected chi connectivity index (χ0v) is 8.73. The van der Waals surface area contributed by atoms with Crippen molar-refractivity contribution in [2.45, 2.75) is 13.3 Å². The van der Waals surface area contributed by atoms with Crippen LogP contribution in [0.25, 0.3) is 0 Å². The van der Waals surface area contributed by atoms with Gasteiger partial charge in [-0.15, -0.1) is 0 Å². The van der Waals surface area contributed by atoms with Gasteiger partial charge in [-0.2, -0.15) is 0 Å². The predicted molar refractivity (Wildman–Crippen MR) is 53.3 cm³/mol. The van der Waals surface area contributed by atoms with Gasteiger partial charge in [-0.05, 0) is 27.1 Å². The van der Waals surface area contributed by atoms with E-state index in [0.717, 1.165) is 0 Å². The Morgan fingerprint density at radius 2 is 1.50 bits per heavy atom. The standard InChI is InChI=1S/C5H13N.C4H4O4/c1-4-5-6(2)3;5-3(6)1-2-4(7)8/h4-5H2,1-3H3;1-2H,(H,5,6)(H,7,8). The van der Waals surface area contributed by atoms with Crippen LogP contribution in [0.2, 0.25) is 0 Å². The smallest absolute Gasteiger partial charge is 0.328 e. The average molecular weight is 203 g/mol. The molecule has 0 spiro atoms. The summed E-state index contributed by atoms with van der Waals surface area (Å²) in [7, 11) is 4.17. The third kappa shape index (κ3) is 22.4. The molecule has 0 amide bonds. The molecule has 0 aliphatic heterocycles. The molecule has 0 radical (unpaired) electrons. The molecular formula is C9H17NO4. The number of aliphatic carboxylic acids is 2. The lowest BCUT2D eigenvalue weighted by atomic mass is 10.5. The summed E-state index contributed by atoms with van der Waals surface area (Å²) in [5, 5.41) is 15.6. The monoisotopic (exact) mass is 203 g/mol. The lowest BCUT2D eigenvalue weighted by Gasteiger charge is -2.03. The van der Waals surface area contributed by atoms with Crippen LogP contribution in [0, 0.1) is 0 Å². The topological polar surface area (TPSA) is 77.8 Å². The third-order valence-corrected chi connectivity index (χ3v) is 1.04. The highest BCUT2D eigenvalue weighted by molar-refractivity contribution is 5.89. The van der Waals surface area contributed by atoms with E-state index in [-0.39, 0.29) is 0 Å². The first-order valence-corrected chi connectivity index (χ1v) is 4.18. The van der Waals surface area contributed by atoms with Crippen LogP contribution >= 0.6 is 0 Å². The minimum absolute atomic E-state index is 0.558. The number of hydrogen-bond donors (Lipinski definition) is 2. The van der Waals surface area contributed by atoms with Crippen LogP contribution in [0.3, 0.4) is 0 Å². The maximum atomic E-state index is 9.55. The van der Waals surface area contributed by atoms with Crippen LogP contribution in [0.5, 0.6) is 0 Å². The average Bonchev–Trinajstić information content (AvgIpc) is 2.01. The van der Waals surface area contributed by atoms with Crippen LogP contribution < -0.4 is 0 Å². The Balaban J connectivity index is 0. The predicted octanol–water partition coefficient (Wildman–Crippen LogP) is 0.670. The molecule has 0 bridgehead atoms. The number of carboxylic acid groups (broad SMARTS) is 2. The van der Waals surface area contributed by atoms with Gasteiger partial charge in [0, 0.05) is 12.2 Å². The van der Waals surface area contributed by atoms with Gasteiger partial charge < -0.3 is 15.1 Å². The van der Waals surface area contributed by atoms with E-state index in [4.69, 9.17) is 10.2 Å². The van der Waals surface area contributed by atoms with Crippen molar-refractivity contribution in [2.75, 3.05) is 20.6 Å². The quantitative estimate of drug-likeness (QED) is 0.656. The van der Waals surface area contributed by atoms with Crippen LogP contribution in [0.4, 0.5) is 0 Å². The van der Waals surface area contributed by atoms with Crippen molar-refractivity contribution in [3.63, 3.8) is 0 Å². The van der Waals surface area contributed by atoms with Gasteiger partial charge in [0.15, 0.2) is 0 Å². The van der Waals surface area contributed by atoms with Gasteiger partial charge in [0.05, 0.1) is 0 Å². The fourth-order valence-corrected chi connectivity index (χ4v) is 0.590. The van der Waals surface area contributed by atoms with E-state index in [1.165, 1.54) is 13.0 Å². The van der Waals surface area contributed by atoms with Crippen LogP contribution in [0.1, 0.15) is 13.3 Å². The molecule has 0 saturated carbocycles. The van der Waals surface area contributed by atoms with Gasteiger partial charge in [0.1, 0.15) is 0 Å². The molecule has 0 aliphatic rings. The first-order valence-electron chi connectivity index (χ1n) is 4.18. The van der Waals surface area contributed by atoms with E-state index in [0.29, 0.717) is 12.2 Å². The zero-order chi connectivity index (χ0) is 11.6. The van der Waals surface area contributed by atoms with Crippen molar-refractivity contribution in [1.29, 1.82) is 0 Å². The molecule has 0 fully saturated rings. The van der Waals surface area contributed by atoms with Gasteiger partial charge in [0.25, 0.3) is 0 Å². The molecular weight excluding hydrogens is 186 g/mol. The van der Waals surface area contributed by atoms with Crippen LogP contribution in [0.15, 0.2) is 12.2 Å². The molecule has 0 heterocycles. The number of nitrogens with zero attached hydrogens (tertiary/aromatic N) is 1. The van der Waals surface area contributed by atoms with Gasteiger partial charge in [-0.25, -0.2) is 9.59 Å². The molecule has 0 unspecified atom stereocenters. The summed E-state index contributed by atoms with van der Waals surface area (Å²) in [6.07, 6.45) is 2.37. The summed E-state index contributed by atoms with van der Waals surface area (Å²) in [5.41, 5.74) is 0. The summed E-state index contributed by atoms with van der Waals surface area (Å²) in [6.45, 7) is 3.39. The largest absolute Gasteiger partial charge is 0.478 e. The highest BCUT2D eigenvalue weighted by atomic mass is 16.4. The highest BCUT2D eigenvalue weighted by Crippen LogP contribution is 1.76. The SMILES string of the molecule is CCCN(C)C.O=C(O)C=CC(=O)O. The Labute approximate surface area is 83.6 Å². The maximum absolute atomic E-state index is 9.55. The van der Waals surface area contributed by atoms with Crippen LogP contribution in [-0.2, 0) is 9.59 Å². The second kappa shape index (κ2) is 9.73. The van der Waals surface area contributed by atoms with Crippen molar-refractivity contribution < 1.29 is 19.8 Å². The highest BCUT2D eigenvalue weighted by Gasteiger charge is 1.88. The Kier molecular flexibility index (Phi) is 10.5. The summed E-state index contributed by atoms with van der Waals surface area (Å²) in [5.74, 6) is -2.51. The molecule has 0 atom stereocenters. The van der Waals surface area contributed by atoms with Gasteiger partial charge in [-0.3, -0.25) is 0 Å². The van der Waals surface area contributed by atoms with E-state index < -0.39 is 11.9 Å². The number of rotatable bonds is 4. The second-order valence-corrected chi connectivity index (χ2v) is 2.81. The number of carbonyl (C=O) groups is 2. The third-order valence-electron chi connectivity index (χ3n) is 1.04. The van der Waals surface area contributed by atoms with Crippen LogP contribution in [-0.4, -0.2) is 47.7 Å². The van der Waals surface area contributed by atoms with Crippen molar-refractivity contribution in [3.05, 3.63) is 12.2 Å². The first-order chi connectivity index (χ1) is 6.40. The van der Waals surface area contributed by atoms with E-state index >= 15 is 0 Å². The molecule has 2 N–H and O–H groups in total. The second-order valence-electron chi connectivity index (χ2n) is 2.81. The molecule has 14 heavy (non-hydrogen) atoms. The van der Waals surface area contributed by atoms with E-state index in [9.17, 15) is 9.59 Å². The summed E-state index contributed by atoms with van der Waals surface area (Å²) < 4.78 is 0. The summed E-state index contributed by atoms with van der Waals surface area (Å²) in [6, 6.07) is 0. The minimum atomic E-state index is -1.26. The van der Waals surface area contributed by atoms with E-state index in [2.05, 4.69) is 25.9 Å². The lowest BCUT2D eigenvalue weighted by molar-refractivity contribution is -0.134. The Morgan fingerprint density at radius 3 is 1.57 bits per heavy atom. The molecule has 0 aromatic heterocycles. The van der Waals surface area contributed by atoms with Gasteiger partial charge >= 0.3 is 11.9 Å². The van der Waals surface area contributed by atoms with Crippen molar-refractivity contribution in [1.82, 2.24) is 4.90 Å². The summed E-state index contributed by atoms with van der Waals surface area (Å²) >= 11 is 0. The Bertz CT molecular complexity index is 183. The number of hydrogen-bond acceptors (Lipinski definition) is 3. The molecule has 82 valence electrons. The van der Waals surface area contributed by atoms with E-state index in [1.54, 1.807) is 0 Å². The Hall–Kier alpha value is -1.36. The fourth-order valence-electron chi connectivity index (χ4n) is 0.590. The molecule has 0 aromatic carbocycles. The molecule has 5 nitrogen and oxygen atoms in total. The minimum Gasteiger partial charge on any atom is -0.478 e. The molecule has 5 heteroatoms. The van der Waals surface area contributed by atoms with Gasteiger partial charge in [0.2, 0.25) is 0 Å². The number of carboxylic acids is 2. The van der Waals surface area contributed by atoms with Gasteiger partial charge in [-0.1, -0.05) is 6.92 Å². The molecule has 0 rings (SSSR count). The first kappa shape index (κ1) is 15.1. The maximum Gasteiger partial charge on any atom is 0.328 e. The lowest BCUT2D eigenvalue weighted by Crippen LogP contribution is -2.11. The molecule has 0 aliphatic carbocycles. The van der Waals surface area contributed by atoms with Crippen molar-refractivity contribution in [2.24, 2.45) is 0 Å². The molecule has 0 aromatic rings. The zero-order valence-electron chi connectivity index (χ0n) is 8.73. The summed E-state index contributed by atoms with van der Waals surface area (Å²) in [4.78, 5) is 21.3. The van der Waals surface area contributed by atoms with Crippen molar-refractivity contribution in [3.8, 4) is 0 Å². The fraction of sp³-hybridized carbons (Fsp3) is 0.556. The Morgan fingerprint density at radius 1 is 1.14 bits per heavy atom. The molecule has 0 saturated heterocycles. The van der Waals surface area contributed by atoms with E-state index in [1.807, 2.05) is 0 Å². The van der Waals surface area contributed by atoms with Crippen molar-refractivity contribution >= 4 is 11.9 Å².